The average molecular weight is 336 g/mol. The van der Waals surface area contributed by atoms with Crippen molar-refractivity contribution in [3.05, 3.63) is 46.5 Å². The van der Waals surface area contributed by atoms with Gasteiger partial charge >= 0.3 is 5.97 Å². The average Bonchev–Trinajstić information content (AvgIpc) is 2.96. The van der Waals surface area contributed by atoms with E-state index in [1.165, 1.54) is 7.11 Å². The fraction of sp³-hybridized carbons (Fsp3) is 0.267. The number of methoxy groups -OCH3 is 1. The number of carbonyl (C=O) groups is 2. The van der Waals surface area contributed by atoms with Crippen LogP contribution < -0.4 is 5.32 Å². The highest BCUT2D eigenvalue weighted by atomic mass is 32.2. The first-order chi connectivity index (χ1) is 10.6. The highest BCUT2D eigenvalue weighted by molar-refractivity contribution is 8.00. The van der Waals surface area contributed by atoms with Crippen LogP contribution in [0.2, 0.25) is 0 Å². The molecule has 116 valence electrons. The summed E-state index contributed by atoms with van der Waals surface area (Å²) in [7, 11) is 1.28. The number of thiazole rings is 1. The molecular weight excluding hydrogens is 320 g/mol. The number of carbonyl (C=O) groups excluding carboxylic acids is 2. The highest BCUT2D eigenvalue weighted by Crippen LogP contribution is 2.25. The van der Waals surface area contributed by atoms with Crippen molar-refractivity contribution in [1.29, 1.82) is 0 Å². The molecule has 0 bridgehead atoms. The Labute approximate surface area is 137 Å². The first-order valence-corrected chi connectivity index (χ1v) is 8.44. The molecule has 2 aromatic rings. The summed E-state index contributed by atoms with van der Waals surface area (Å²) < 4.78 is 5.51. The minimum atomic E-state index is -0.472. The second-order valence-corrected chi connectivity index (χ2v) is 6.58. The van der Waals surface area contributed by atoms with Gasteiger partial charge in [0, 0.05) is 22.4 Å². The number of nitrogens with zero attached hydrogens (tertiary/aromatic N) is 1. The Bertz CT molecular complexity index is 653. The van der Waals surface area contributed by atoms with E-state index in [0.717, 1.165) is 21.3 Å². The van der Waals surface area contributed by atoms with Gasteiger partial charge in [0.25, 0.3) is 5.91 Å². The van der Waals surface area contributed by atoms with Gasteiger partial charge < -0.3 is 10.1 Å². The van der Waals surface area contributed by atoms with E-state index in [0.29, 0.717) is 5.56 Å². The van der Waals surface area contributed by atoms with Gasteiger partial charge in [-0.3, -0.25) is 9.59 Å². The summed E-state index contributed by atoms with van der Waals surface area (Å²) in [4.78, 5) is 27.2. The van der Waals surface area contributed by atoms with Crippen LogP contribution in [0.5, 0.6) is 0 Å². The fourth-order valence-electron chi connectivity index (χ4n) is 1.62. The number of aromatic nitrogens is 1. The molecule has 0 fully saturated rings. The molecule has 0 aliphatic heterocycles. The molecule has 1 aromatic heterocycles. The van der Waals surface area contributed by atoms with Gasteiger partial charge in [-0.05, 0) is 24.6 Å². The summed E-state index contributed by atoms with van der Waals surface area (Å²) in [5, 5.41) is 4.53. The largest absolute Gasteiger partial charge is 0.468 e. The summed E-state index contributed by atoms with van der Waals surface area (Å²) in [6, 6.07) is 7.30. The molecule has 0 saturated heterocycles. The van der Waals surface area contributed by atoms with Crippen LogP contribution in [-0.4, -0.2) is 30.5 Å². The molecule has 1 heterocycles. The van der Waals surface area contributed by atoms with Crippen molar-refractivity contribution in [3.8, 4) is 0 Å². The number of benzene rings is 1. The third kappa shape index (κ3) is 4.85. The Hall–Kier alpha value is -1.86. The molecule has 0 aliphatic carbocycles. The van der Waals surface area contributed by atoms with Crippen LogP contribution in [0.25, 0.3) is 0 Å². The van der Waals surface area contributed by atoms with Crippen LogP contribution in [0, 0.1) is 6.92 Å². The summed E-state index contributed by atoms with van der Waals surface area (Å²) in [5.74, 6) is 0.0389. The number of amides is 1. The summed E-state index contributed by atoms with van der Waals surface area (Å²) in [6.07, 6.45) is 0. The van der Waals surface area contributed by atoms with Crippen molar-refractivity contribution >= 4 is 35.0 Å². The summed E-state index contributed by atoms with van der Waals surface area (Å²) in [5.41, 5.74) is 2.66. The van der Waals surface area contributed by atoms with Crippen molar-refractivity contribution in [2.45, 2.75) is 17.0 Å². The van der Waals surface area contributed by atoms with E-state index in [-0.39, 0.29) is 12.5 Å². The molecule has 5 nitrogen and oxygen atoms in total. The van der Waals surface area contributed by atoms with Crippen LogP contribution >= 0.6 is 23.1 Å². The Morgan fingerprint density at radius 2 is 2.05 bits per heavy atom. The lowest BCUT2D eigenvalue weighted by Crippen LogP contribution is -2.30. The lowest BCUT2D eigenvalue weighted by molar-refractivity contribution is -0.139. The zero-order valence-corrected chi connectivity index (χ0v) is 13.9. The Balaban J connectivity index is 1.86. The van der Waals surface area contributed by atoms with Gasteiger partial charge in [0.05, 0.1) is 7.11 Å². The molecule has 0 spiro atoms. The monoisotopic (exact) mass is 336 g/mol. The standard InChI is InChI=1S/C15H16N2O3S2/c1-10-8-21-15(17-10)22-9-11-3-5-12(6-4-11)14(19)16-7-13(18)20-2/h3-6,8H,7,9H2,1-2H3,(H,16,19). The normalized spacial score (nSPS) is 10.3. The number of ether oxygens (including phenoxy) is 1. The molecule has 7 heteroatoms. The quantitative estimate of drug-likeness (QED) is 0.649. The molecule has 1 amide bonds. The fourth-order valence-corrected chi connectivity index (χ4v) is 3.43. The predicted molar refractivity (Wildman–Crippen MR) is 87.2 cm³/mol. The number of aryl methyl sites for hydroxylation is 1. The van der Waals surface area contributed by atoms with E-state index in [4.69, 9.17) is 0 Å². The van der Waals surface area contributed by atoms with E-state index < -0.39 is 5.97 Å². The maximum Gasteiger partial charge on any atom is 0.325 e. The third-order valence-electron chi connectivity index (χ3n) is 2.80. The Morgan fingerprint density at radius 1 is 1.32 bits per heavy atom. The van der Waals surface area contributed by atoms with Gasteiger partial charge in [0.2, 0.25) is 0 Å². The minimum Gasteiger partial charge on any atom is -0.468 e. The summed E-state index contributed by atoms with van der Waals surface area (Å²) >= 11 is 3.30. The number of hydrogen-bond donors (Lipinski definition) is 1. The number of esters is 1. The van der Waals surface area contributed by atoms with Gasteiger partial charge in [-0.2, -0.15) is 0 Å². The molecule has 1 N–H and O–H groups in total. The zero-order chi connectivity index (χ0) is 15.9. The second kappa shape index (κ2) is 7.95. The number of rotatable bonds is 6. The molecule has 1 aromatic carbocycles. The third-order valence-corrected chi connectivity index (χ3v) is 5.01. The van der Waals surface area contributed by atoms with Crippen LogP contribution in [0.3, 0.4) is 0 Å². The Morgan fingerprint density at radius 3 is 2.64 bits per heavy atom. The van der Waals surface area contributed by atoms with Crippen molar-refractivity contribution in [1.82, 2.24) is 10.3 Å². The maximum absolute atomic E-state index is 11.8. The smallest absolute Gasteiger partial charge is 0.325 e. The van der Waals surface area contributed by atoms with Gasteiger partial charge in [-0.25, -0.2) is 4.98 Å². The first kappa shape index (κ1) is 16.5. The molecule has 0 saturated carbocycles. The highest BCUT2D eigenvalue weighted by Gasteiger charge is 2.08. The molecule has 0 unspecified atom stereocenters. The van der Waals surface area contributed by atoms with Crippen molar-refractivity contribution in [2.24, 2.45) is 0 Å². The van der Waals surface area contributed by atoms with Crippen molar-refractivity contribution < 1.29 is 14.3 Å². The van der Waals surface area contributed by atoms with Crippen LogP contribution in [0.4, 0.5) is 0 Å². The van der Waals surface area contributed by atoms with Gasteiger partial charge in [-0.15, -0.1) is 11.3 Å². The maximum atomic E-state index is 11.8. The van der Waals surface area contributed by atoms with Crippen LogP contribution in [0.15, 0.2) is 34.0 Å². The first-order valence-electron chi connectivity index (χ1n) is 6.57. The van der Waals surface area contributed by atoms with Crippen LogP contribution in [-0.2, 0) is 15.3 Å². The van der Waals surface area contributed by atoms with E-state index in [2.05, 4.69) is 15.0 Å². The molecule has 0 radical (unpaired) electrons. The van der Waals surface area contributed by atoms with E-state index in [9.17, 15) is 9.59 Å². The molecule has 22 heavy (non-hydrogen) atoms. The zero-order valence-electron chi connectivity index (χ0n) is 12.3. The molecule has 2 rings (SSSR count). The van der Waals surface area contributed by atoms with Gasteiger partial charge in [0.1, 0.15) is 10.9 Å². The molecule has 0 atom stereocenters. The van der Waals surface area contributed by atoms with E-state index >= 15 is 0 Å². The van der Waals surface area contributed by atoms with Crippen molar-refractivity contribution in [2.75, 3.05) is 13.7 Å². The lowest BCUT2D eigenvalue weighted by Gasteiger charge is -2.05. The Kier molecular flexibility index (Phi) is 5.97. The topological polar surface area (TPSA) is 68.3 Å². The summed E-state index contributed by atoms with van der Waals surface area (Å²) in [6.45, 7) is 1.85. The van der Waals surface area contributed by atoms with E-state index in [1.807, 2.05) is 24.4 Å². The number of nitrogens with one attached hydrogen (secondary N) is 1. The predicted octanol–water partition coefficient (Wildman–Crippen LogP) is 2.65. The minimum absolute atomic E-state index is 0.129. The van der Waals surface area contributed by atoms with E-state index in [1.54, 1.807) is 35.2 Å². The lowest BCUT2D eigenvalue weighted by atomic mass is 10.1. The van der Waals surface area contributed by atoms with Gasteiger partial charge in [-0.1, -0.05) is 23.9 Å². The molecule has 0 aliphatic rings. The van der Waals surface area contributed by atoms with Crippen molar-refractivity contribution in [3.63, 3.8) is 0 Å². The second-order valence-electron chi connectivity index (χ2n) is 4.50. The number of thioether (sulfide) groups is 1. The van der Waals surface area contributed by atoms with Gasteiger partial charge in [0.15, 0.2) is 0 Å². The number of hydrogen-bond acceptors (Lipinski definition) is 6. The van der Waals surface area contributed by atoms with Crippen LogP contribution in [0.1, 0.15) is 21.6 Å². The SMILES string of the molecule is COC(=O)CNC(=O)c1ccc(CSc2nc(C)cs2)cc1. The molecular formula is C15H16N2O3S2.